The van der Waals surface area contributed by atoms with Crippen molar-refractivity contribution in [1.29, 1.82) is 0 Å². The van der Waals surface area contributed by atoms with Crippen LogP contribution in [0.15, 0.2) is 24.3 Å². The van der Waals surface area contributed by atoms with Gasteiger partial charge >= 0.3 is 0 Å². The van der Waals surface area contributed by atoms with E-state index in [2.05, 4.69) is 43.1 Å². The molecule has 1 rings (SSSR count). The number of nitrogens with one attached hydrogen (secondary N) is 1. The molecular formula is C16H26FN3S. The van der Waals surface area contributed by atoms with Crippen molar-refractivity contribution in [2.24, 2.45) is 5.92 Å². The van der Waals surface area contributed by atoms with Gasteiger partial charge < -0.3 is 15.1 Å². The van der Waals surface area contributed by atoms with Crippen LogP contribution in [0.25, 0.3) is 0 Å². The van der Waals surface area contributed by atoms with E-state index in [0.717, 1.165) is 30.3 Å². The molecule has 3 nitrogen and oxygen atoms in total. The van der Waals surface area contributed by atoms with Gasteiger partial charge in [0.05, 0.1) is 0 Å². The van der Waals surface area contributed by atoms with Crippen molar-refractivity contribution in [2.45, 2.75) is 20.4 Å². The molecule has 1 N–H and O–H groups in total. The topological polar surface area (TPSA) is 18.5 Å². The minimum absolute atomic E-state index is 0.214. The Kier molecular flexibility index (Phi) is 7.61. The molecule has 0 aliphatic rings. The fourth-order valence-corrected chi connectivity index (χ4v) is 2.17. The molecule has 0 aromatic heterocycles. The lowest BCUT2D eigenvalue weighted by Gasteiger charge is -2.28. The van der Waals surface area contributed by atoms with Crippen LogP contribution in [-0.2, 0) is 6.54 Å². The number of hydrogen-bond donors (Lipinski definition) is 1. The molecule has 5 heteroatoms. The van der Waals surface area contributed by atoms with Crippen molar-refractivity contribution >= 4 is 17.3 Å². The molecule has 0 radical (unpaired) electrons. The molecule has 0 spiro atoms. The summed E-state index contributed by atoms with van der Waals surface area (Å²) in [5.41, 5.74) is 1.02. The zero-order valence-electron chi connectivity index (χ0n) is 13.4. The number of rotatable bonds is 7. The monoisotopic (exact) mass is 311 g/mol. The fourth-order valence-electron chi connectivity index (χ4n) is 1.93. The third kappa shape index (κ3) is 7.39. The van der Waals surface area contributed by atoms with Crippen LogP contribution in [0.4, 0.5) is 4.39 Å². The van der Waals surface area contributed by atoms with Gasteiger partial charge in [-0.05, 0) is 49.9 Å². The first-order chi connectivity index (χ1) is 9.88. The van der Waals surface area contributed by atoms with Crippen molar-refractivity contribution in [1.82, 2.24) is 15.1 Å². The molecule has 0 bridgehead atoms. The maximum absolute atomic E-state index is 12.9. The number of likely N-dealkylation sites (N-methyl/N-ethyl adjacent to an activating group) is 1. The lowest BCUT2D eigenvalue weighted by atomic mass is 10.2. The molecule has 1 aromatic carbocycles. The van der Waals surface area contributed by atoms with Crippen molar-refractivity contribution in [3.8, 4) is 0 Å². The number of benzene rings is 1. The van der Waals surface area contributed by atoms with E-state index in [4.69, 9.17) is 12.2 Å². The van der Waals surface area contributed by atoms with E-state index in [9.17, 15) is 4.39 Å². The van der Waals surface area contributed by atoms with Gasteiger partial charge in [0.25, 0.3) is 0 Å². The SMILES string of the molecule is CC(C)CN(CCN(C)C)C(=S)NCc1ccc(F)cc1. The van der Waals surface area contributed by atoms with Gasteiger partial charge in [-0.15, -0.1) is 0 Å². The standard InChI is InChI=1S/C16H26FN3S/c1-13(2)12-20(10-9-19(3)4)16(21)18-11-14-5-7-15(17)8-6-14/h5-8,13H,9-12H2,1-4H3,(H,18,21). The predicted molar refractivity (Wildman–Crippen MR) is 90.8 cm³/mol. The third-order valence-corrected chi connectivity index (χ3v) is 3.45. The lowest BCUT2D eigenvalue weighted by molar-refractivity contribution is 0.304. The van der Waals surface area contributed by atoms with Crippen molar-refractivity contribution in [3.63, 3.8) is 0 Å². The second-order valence-electron chi connectivity index (χ2n) is 5.93. The molecular weight excluding hydrogens is 285 g/mol. The quantitative estimate of drug-likeness (QED) is 0.780. The summed E-state index contributed by atoms with van der Waals surface area (Å²) >= 11 is 5.49. The molecule has 118 valence electrons. The highest BCUT2D eigenvalue weighted by Gasteiger charge is 2.11. The molecule has 0 saturated carbocycles. The Hall–Kier alpha value is -1.20. The zero-order valence-corrected chi connectivity index (χ0v) is 14.2. The first-order valence-electron chi connectivity index (χ1n) is 7.30. The van der Waals surface area contributed by atoms with Crippen LogP contribution < -0.4 is 5.32 Å². The summed E-state index contributed by atoms with van der Waals surface area (Å²) in [6.07, 6.45) is 0. The third-order valence-electron chi connectivity index (χ3n) is 3.05. The fraction of sp³-hybridized carbons (Fsp3) is 0.562. The van der Waals surface area contributed by atoms with Crippen molar-refractivity contribution in [3.05, 3.63) is 35.6 Å². The first-order valence-corrected chi connectivity index (χ1v) is 7.71. The lowest BCUT2D eigenvalue weighted by Crippen LogP contribution is -2.44. The minimum atomic E-state index is -0.214. The molecule has 0 unspecified atom stereocenters. The van der Waals surface area contributed by atoms with E-state index in [1.807, 2.05) is 0 Å². The van der Waals surface area contributed by atoms with Crippen LogP contribution in [0, 0.1) is 11.7 Å². The predicted octanol–water partition coefficient (Wildman–Crippen LogP) is 2.72. The number of nitrogens with zero attached hydrogens (tertiary/aromatic N) is 2. The summed E-state index contributed by atoms with van der Waals surface area (Å²) in [6, 6.07) is 6.49. The Morgan fingerprint density at radius 2 is 1.81 bits per heavy atom. The highest BCUT2D eigenvalue weighted by molar-refractivity contribution is 7.80. The summed E-state index contributed by atoms with van der Waals surface area (Å²) in [7, 11) is 4.12. The highest BCUT2D eigenvalue weighted by Crippen LogP contribution is 2.04. The van der Waals surface area contributed by atoms with E-state index < -0.39 is 0 Å². The number of hydrogen-bond acceptors (Lipinski definition) is 2. The first kappa shape index (κ1) is 17.9. The Bertz CT molecular complexity index is 432. The normalized spacial score (nSPS) is 11.0. The molecule has 0 heterocycles. The molecule has 0 saturated heterocycles. The maximum Gasteiger partial charge on any atom is 0.169 e. The number of thiocarbonyl (C=S) groups is 1. The second kappa shape index (κ2) is 8.95. The average Bonchev–Trinajstić information content (AvgIpc) is 2.42. The molecule has 1 aromatic rings. The molecule has 0 aliphatic heterocycles. The Labute approximate surface area is 133 Å². The van der Waals surface area contributed by atoms with E-state index in [-0.39, 0.29) is 5.82 Å². The summed E-state index contributed by atoms with van der Waals surface area (Å²) in [5, 5.41) is 4.02. The van der Waals surface area contributed by atoms with Crippen LogP contribution >= 0.6 is 12.2 Å². The molecule has 0 aliphatic carbocycles. The molecule has 21 heavy (non-hydrogen) atoms. The Morgan fingerprint density at radius 1 is 1.19 bits per heavy atom. The van der Waals surface area contributed by atoms with Gasteiger partial charge in [-0.1, -0.05) is 26.0 Å². The summed E-state index contributed by atoms with van der Waals surface area (Å²) < 4.78 is 12.9. The van der Waals surface area contributed by atoms with E-state index in [1.165, 1.54) is 12.1 Å². The highest BCUT2D eigenvalue weighted by atomic mass is 32.1. The van der Waals surface area contributed by atoms with E-state index in [0.29, 0.717) is 12.5 Å². The Morgan fingerprint density at radius 3 is 2.33 bits per heavy atom. The molecule has 0 atom stereocenters. The van der Waals surface area contributed by atoms with Crippen LogP contribution in [-0.4, -0.2) is 48.6 Å². The van der Waals surface area contributed by atoms with Gasteiger partial charge in [-0.2, -0.15) is 0 Å². The number of halogens is 1. The van der Waals surface area contributed by atoms with Crippen LogP contribution in [0.3, 0.4) is 0 Å². The van der Waals surface area contributed by atoms with Gasteiger partial charge in [0.2, 0.25) is 0 Å². The summed E-state index contributed by atoms with van der Waals surface area (Å²) in [5.74, 6) is 0.339. The molecule has 0 amide bonds. The van der Waals surface area contributed by atoms with Gasteiger partial charge in [0, 0.05) is 26.2 Å². The van der Waals surface area contributed by atoms with Crippen molar-refractivity contribution in [2.75, 3.05) is 33.7 Å². The average molecular weight is 311 g/mol. The van der Waals surface area contributed by atoms with Crippen LogP contribution in [0.1, 0.15) is 19.4 Å². The van der Waals surface area contributed by atoms with E-state index in [1.54, 1.807) is 12.1 Å². The Balaban J connectivity index is 2.52. The van der Waals surface area contributed by atoms with E-state index >= 15 is 0 Å². The van der Waals surface area contributed by atoms with Gasteiger partial charge in [0.1, 0.15) is 5.82 Å². The second-order valence-corrected chi connectivity index (χ2v) is 6.32. The molecule has 0 fully saturated rings. The van der Waals surface area contributed by atoms with Crippen LogP contribution in [0.5, 0.6) is 0 Å². The summed E-state index contributed by atoms with van der Waals surface area (Å²) in [6.45, 7) is 7.79. The van der Waals surface area contributed by atoms with Gasteiger partial charge in [-0.25, -0.2) is 4.39 Å². The smallest absolute Gasteiger partial charge is 0.169 e. The maximum atomic E-state index is 12.9. The van der Waals surface area contributed by atoms with Crippen LogP contribution in [0.2, 0.25) is 0 Å². The largest absolute Gasteiger partial charge is 0.358 e. The summed E-state index contributed by atoms with van der Waals surface area (Å²) in [4.78, 5) is 4.35. The van der Waals surface area contributed by atoms with Crippen molar-refractivity contribution < 1.29 is 4.39 Å². The zero-order chi connectivity index (χ0) is 15.8. The van der Waals surface area contributed by atoms with Gasteiger partial charge in [0.15, 0.2) is 5.11 Å². The van der Waals surface area contributed by atoms with Gasteiger partial charge in [-0.3, -0.25) is 0 Å². The minimum Gasteiger partial charge on any atom is -0.358 e.